The van der Waals surface area contributed by atoms with E-state index in [0.29, 0.717) is 0 Å². The minimum atomic E-state index is -1.30. The predicted octanol–water partition coefficient (Wildman–Crippen LogP) is 0.829. The van der Waals surface area contributed by atoms with E-state index in [0.717, 1.165) is 0 Å². The molecule has 0 unspecified atom stereocenters. The molecule has 1 aromatic heterocycles. The van der Waals surface area contributed by atoms with Crippen molar-refractivity contribution in [1.82, 2.24) is 4.98 Å². The molecule has 0 saturated carbocycles. The van der Waals surface area contributed by atoms with Crippen molar-refractivity contribution in [3.63, 3.8) is 0 Å². The van der Waals surface area contributed by atoms with Gasteiger partial charge in [0.2, 0.25) is 0 Å². The Bertz CT molecular complexity index is 276. The SMILES string of the molecule is O=C(OF)c1ncccc1O. The van der Waals surface area contributed by atoms with Crippen molar-refractivity contribution in [3.8, 4) is 5.75 Å². The average Bonchev–Trinajstić information content (AvgIpc) is 2.04. The summed E-state index contributed by atoms with van der Waals surface area (Å²) in [4.78, 5) is 16.7. The van der Waals surface area contributed by atoms with E-state index in [2.05, 4.69) is 9.93 Å². The third-order valence-electron chi connectivity index (χ3n) is 1.05. The lowest BCUT2D eigenvalue weighted by Gasteiger charge is -1.95. The molecule has 1 heterocycles. The van der Waals surface area contributed by atoms with Gasteiger partial charge < -0.3 is 5.11 Å². The molecule has 0 aromatic carbocycles. The van der Waals surface area contributed by atoms with Gasteiger partial charge in [0.15, 0.2) is 5.69 Å². The van der Waals surface area contributed by atoms with E-state index in [1.165, 1.54) is 18.3 Å². The van der Waals surface area contributed by atoms with Crippen LogP contribution in [-0.2, 0) is 4.94 Å². The molecule has 0 bridgehead atoms. The van der Waals surface area contributed by atoms with Gasteiger partial charge in [-0.1, -0.05) is 0 Å². The van der Waals surface area contributed by atoms with E-state index in [1.54, 1.807) is 0 Å². The zero-order valence-electron chi connectivity index (χ0n) is 5.32. The molecule has 1 aromatic rings. The van der Waals surface area contributed by atoms with Crippen LogP contribution in [0.3, 0.4) is 0 Å². The number of halogens is 1. The predicted molar refractivity (Wildman–Crippen MR) is 32.4 cm³/mol. The summed E-state index contributed by atoms with van der Waals surface area (Å²) in [6.45, 7) is 0. The number of rotatable bonds is 1. The molecule has 0 fully saturated rings. The number of hydrogen-bond acceptors (Lipinski definition) is 4. The monoisotopic (exact) mass is 157 g/mol. The highest BCUT2D eigenvalue weighted by atomic mass is 19.3. The molecule has 0 spiro atoms. The Balaban J connectivity index is 3.03. The van der Waals surface area contributed by atoms with Gasteiger partial charge in [0, 0.05) is 10.7 Å². The maximum Gasteiger partial charge on any atom is 0.401 e. The first-order valence-corrected chi connectivity index (χ1v) is 2.72. The van der Waals surface area contributed by atoms with Crippen molar-refractivity contribution in [1.29, 1.82) is 0 Å². The van der Waals surface area contributed by atoms with Gasteiger partial charge in [-0.05, 0) is 12.1 Å². The van der Waals surface area contributed by atoms with Gasteiger partial charge in [0.05, 0.1) is 0 Å². The Labute approximate surface area is 61.2 Å². The van der Waals surface area contributed by atoms with Gasteiger partial charge in [-0.3, -0.25) is 0 Å². The fourth-order valence-electron chi connectivity index (χ4n) is 0.591. The Kier molecular flexibility index (Phi) is 2.00. The van der Waals surface area contributed by atoms with E-state index >= 15 is 0 Å². The minimum Gasteiger partial charge on any atom is -0.505 e. The summed E-state index contributed by atoms with van der Waals surface area (Å²) in [5, 5.41) is 8.88. The minimum absolute atomic E-state index is 0.407. The molecule has 4 nitrogen and oxygen atoms in total. The van der Waals surface area contributed by atoms with Crippen LogP contribution in [0.5, 0.6) is 5.75 Å². The number of carbonyl (C=O) groups excluding carboxylic acids is 1. The van der Waals surface area contributed by atoms with Crippen molar-refractivity contribution < 1.29 is 19.4 Å². The first kappa shape index (κ1) is 7.46. The molecule has 0 aliphatic heterocycles. The van der Waals surface area contributed by atoms with Crippen LogP contribution < -0.4 is 0 Å². The fourth-order valence-corrected chi connectivity index (χ4v) is 0.591. The van der Waals surface area contributed by atoms with Crippen molar-refractivity contribution in [2.24, 2.45) is 0 Å². The molecule has 1 rings (SSSR count). The van der Waals surface area contributed by atoms with Crippen LogP contribution >= 0.6 is 0 Å². The van der Waals surface area contributed by atoms with Crippen molar-refractivity contribution >= 4 is 5.97 Å². The lowest BCUT2D eigenvalue weighted by molar-refractivity contribution is -0.0795. The summed E-state index contributed by atoms with van der Waals surface area (Å²) in [7, 11) is 0. The summed E-state index contributed by atoms with van der Waals surface area (Å²) in [6.07, 6.45) is 1.24. The molecule has 0 atom stereocenters. The maximum atomic E-state index is 11.3. The topological polar surface area (TPSA) is 59.4 Å². The Morgan fingerprint density at radius 2 is 2.45 bits per heavy atom. The van der Waals surface area contributed by atoms with Gasteiger partial charge in [0.25, 0.3) is 0 Å². The highest BCUT2D eigenvalue weighted by molar-refractivity contribution is 5.89. The second-order valence-electron chi connectivity index (χ2n) is 1.74. The van der Waals surface area contributed by atoms with Crippen molar-refractivity contribution in [2.45, 2.75) is 0 Å². The Morgan fingerprint density at radius 1 is 1.73 bits per heavy atom. The molecule has 0 amide bonds. The summed E-state index contributed by atoms with van der Waals surface area (Å²) in [6, 6.07) is 2.61. The van der Waals surface area contributed by atoms with Crippen LogP contribution in [0.25, 0.3) is 0 Å². The zero-order chi connectivity index (χ0) is 8.27. The van der Waals surface area contributed by atoms with E-state index in [-0.39, 0.29) is 0 Å². The number of nitrogens with zero attached hydrogens (tertiary/aromatic N) is 1. The summed E-state index contributed by atoms with van der Waals surface area (Å²) in [5.41, 5.74) is -0.435. The normalized spacial score (nSPS) is 9.18. The highest BCUT2D eigenvalue weighted by Crippen LogP contribution is 2.13. The molecule has 0 aliphatic carbocycles. The third kappa shape index (κ3) is 1.43. The molecular weight excluding hydrogens is 153 g/mol. The molecule has 0 radical (unpaired) electrons. The number of aromatic hydroxyl groups is 1. The van der Waals surface area contributed by atoms with Gasteiger partial charge in [-0.25, -0.2) is 14.7 Å². The number of hydrogen-bond donors (Lipinski definition) is 1. The highest BCUT2D eigenvalue weighted by Gasteiger charge is 2.13. The molecule has 0 saturated heterocycles. The molecule has 58 valence electrons. The van der Waals surface area contributed by atoms with Crippen LogP contribution in [0.4, 0.5) is 4.53 Å². The second-order valence-corrected chi connectivity index (χ2v) is 1.74. The maximum absolute atomic E-state index is 11.3. The van der Waals surface area contributed by atoms with Crippen LogP contribution in [0.1, 0.15) is 10.5 Å². The lowest BCUT2D eigenvalue weighted by Crippen LogP contribution is -2.01. The molecule has 1 N–H and O–H groups in total. The Morgan fingerprint density at radius 3 is 3.00 bits per heavy atom. The number of aromatic nitrogens is 1. The van der Waals surface area contributed by atoms with Crippen LogP contribution in [0.2, 0.25) is 0 Å². The van der Waals surface area contributed by atoms with Crippen LogP contribution in [0.15, 0.2) is 18.3 Å². The smallest absolute Gasteiger partial charge is 0.401 e. The third-order valence-corrected chi connectivity index (χ3v) is 1.05. The van der Waals surface area contributed by atoms with E-state index in [1.807, 2.05) is 0 Å². The van der Waals surface area contributed by atoms with Gasteiger partial charge in [-0.15, -0.1) is 0 Å². The molecule has 11 heavy (non-hydrogen) atoms. The van der Waals surface area contributed by atoms with Crippen LogP contribution in [0, 0.1) is 0 Å². The lowest BCUT2D eigenvalue weighted by atomic mass is 10.3. The van der Waals surface area contributed by atoms with Gasteiger partial charge >= 0.3 is 5.97 Å². The number of carbonyl (C=O) groups is 1. The summed E-state index contributed by atoms with van der Waals surface area (Å²) < 4.78 is 11.3. The first-order valence-electron chi connectivity index (χ1n) is 2.72. The van der Waals surface area contributed by atoms with E-state index in [4.69, 9.17) is 5.11 Å². The average molecular weight is 157 g/mol. The summed E-state index contributed by atoms with van der Waals surface area (Å²) >= 11 is 0. The quantitative estimate of drug-likeness (QED) is 0.655. The zero-order valence-corrected chi connectivity index (χ0v) is 5.32. The summed E-state index contributed by atoms with van der Waals surface area (Å²) in [5.74, 6) is -1.71. The van der Waals surface area contributed by atoms with Crippen LogP contribution in [-0.4, -0.2) is 16.1 Å². The molecule has 5 heteroatoms. The molecular formula is C6H4FNO3. The largest absolute Gasteiger partial charge is 0.505 e. The number of pyridine rings is 1. The van der Waals surface area contributed by atoms with E-state index < -0.39 is 17.4 Å². The fraction of sp³-hybridized carbons (Fsp3) is 0. The second kappa shape index (κ2) is 2.96. The Hall–Kier alpha value is -1.65. The van der Waals surface area contributed by atoms with Gasteiger partial charge in [0.1, 0.15) is 5.75 Å². The standard InChI is InChI=1S/C6H4FNO3/c7-11-6(10)5-4(9)2-1-3-8-5/h1-3,9H. The molecule has 0 aliphatic rings. The van der Waals surface area contributed by atoms with Crippen molar-refractivity contribution in [2.75, 3.05) is 0 Å². The van der Waals surface area contributed by atoms with Crippen molar-refractivity contribution in [3.05, 3.63) is 24.0 Å². The van der Waals surface area contributed by atoms with E-state index in [9.17, 15) is 9.32 Å². The van der Waals surface area contributed by atoms with Gasteiger partial charge in [-0.2, -0.15) is 0 Å². The first-order chi connectivity index (χ1) is 5.25.